The SMILES string of the molecule is Cc1ccc(C2CCCN2C(=O)NC2CCN(C(C)C)C2)cc1. The van der Waals surface area contributed by atoms with Crippen molar-refractivity contribution in [1.82, 2.24) is 15.1 Å². The van der Waals surface area contributed by atoms with Gasteiger partial charge in [-0.2, -0.15) is 0 Å². The van der Waals surface area contributed by atoms with E-state index in [4.69, 9.17) is 0 Å². The van der Waals surface area contributed by atoms with E-state index in [1.165, 1.54) is 11.1 Å². The molecule has 2 atom stereocenters. The molecule has 2 aliphatic heterocycles. The van der Waals surface area contributed by atoms with Crippen LogP contribution in [0.15, 0.2) is 24.3 Å². The van der Waals surface area contributed by atoms with E-state index in [-0.39, 0.29) is 12.1 Å². The van der Waals surface area contributed by atoms with Gasteiger partial charge >= 0.3 is 6.03 Å². The Labute approximate surface area is 139 Å². The normalized spacial score (nSPS) is 25.3. The molecule has 0 bridgehead atoms. The minimum Gasteiger partial charge on any atom is -0.334 e. The zero-order valence-corrected chi connectivity index (χ0v) is 14.6. The van der Waals surface area contributed by atoms with Crippen LogP contribution in [0, 0.1) is 6.92 Å². The Morgan fingerprint density at radius 3 is 2.57 bits per heavy atom. The summed E-state index contributed by atoms with van der Waals surface area (Å²) in [6.07, 6.45) is 3.22. The summed E-state index contributed by atoms with van der Waals surface area (Å²) in [4.78, 5) is 17.2. The first kappa shape index (κ1) is 16.3. The summed E-state index contributed by atoms with van der Waals surface area (Å²) in [5, 5.41) is 3.26. The second-order valence-electron chi connectivity index (χ2n) is 7.29. The number of carbonyl (C=O) groups excluding carboxylic acids is 1. The number of urea groups is 1. The lowest BCUT2D eigenvalue weighted by Crippen LogP contribution is -2.45. The largest absolute Gasteiger partial charge is 0.334 e. The van der Waals surface area contributed by atoms with Crippen LogP contribution < -0.4 is 5.32 Å². The van der Waals surface area contributed by atoms with Gasteiger partial charge in [0.05, 0.1) is 6.04 Å². The van der Waals surface area contributed by atoms with Crippen molar-refractivity contribution in [3.8, 4) is 0 Å². The molecule has 0 spiro atoms. The van der Waals surface area contributed by atoms with Crippen LogP contribution >= 0.6 is 0 Å². The summed E-state index contributed by atoms with van der Waals surface area (Å²) in [7, 11) is 0. The van der Waals surface area contributed by atoms with E-state index in [0.717, 1.165) is 38.9 Å². The molecular formula is C19H29N3O. The summed E-state index contributed by atoms with van der Waals surface area (Å²) in [5.41, 5.74) is 2.53. The molecule has 4 nitrogen and oxygen atoms in total. The van der Waals surface area contributed by atoms with Crippen molar-refractivity contribution in [1.29, 1.82) is 0 Å². The summed E-state index contributed by atoms with van der Waals surface area (Å²) in [6, 6.07) is 9.82. The lowest BCUT2D eigenvalue weighted by Gasteiger charge is -2.27. The van der Waals surface area contributed by atoms with Gasteiger partial charge in [0.1, 0.15) is 0 Å². The Hall–Kier alpha value is -1.55. The highest BCUT2D eigenvalue weighted by Gasteiger charge is 2.32. The van der Waals surface area contributed by atoms with Gasteiger partial charge in [-0.15, -0.1) is 0 Å². The van der Waals surface area contributed by atoms with Gasteiger partial charge in [0.15, 0.2) is 0 Å². The fraction of sp³-hybridized carbons (Fsp3) is 0.632. The van der Waals surface area contributed by atoms with E-state index < -0.39 is 0 Å². The van der Waals surface area contributed by atoms with Crippen molar-refractivity contribution >= 4 is 6.03 Å². The predicted octanol–water partition coefficient (Wildman–Crippen LogP) is 3.32. The molecule has 0 saturated carbocycles. The van der Waals surface area contributed by atoms with E-state index in [1.54, 1.807) is 0 Å². The lowest BCUT2D eigenvalue weighted by atomic mass is 10.0. The maximum absolute atomic E-state index is 12.7. The number of carbonyl (C=O) groups is 1. The van der Waals surface area contributed by atoms with Crippen molar-refractivity contribution in [2.75, 3.05) is 19.6 Å². The van der Waals surface area contributed by atoms with Gasteiger partial charge in [-0.3, -0.25) is 4.90 Å². The molecule has 4 heteroatoms. The van der Waals surface area contributed by atoms with Gasteiger partial charge in [0.2, 0.25) is 0 Å². The van der Waals surface area contributed by atoms with Crippen LogP contribution in [-0.4, -0.2) is 47.5 Å². The summed E-state index contributed by atoms with van der Waals surface area (Å²) in [6.45, 7) is 9.47. The fourth-order valence-electron chi connectivity index (χ4n) is 3.78. The van der Waals surface area contributed by atoms with E-state index in [1.807, 2.05) is 4.90 Å². The third-order valence-corrected chi connectivity index (χ3v) is 5.25. The molecule has 1 aromatic carbocycles. The van der Waals surface area contributed by atoms with E-state index in [0.29, 0.717) is 12.1 Å². The quantitative estimate of drug-likeness (QED) is 0.929. The monoisotopic (exact) mass is 315 g/mol. The van der Waals surface area contributed by atoms with Crippen LogP contribution in [0.4, 0.5) is 4.79 Å². The molecule has 2 fully saturated rings. The van der Waals surface area contributed by atoms with Crippen molar-refractivity contribution < 1.29 is 4.79 Å². The maximum atomic E-state index is 12.7. The number of rotatable bonds is 3. The maximum Gasteiger partial charge on any atom is 0.318 e. The van der Waals surface area contributed by atoms with Crippen LogP contribution in [0.2, 0.25) is 0 Å². The molecule has 0 aliphatic carbocycles. The first-order valence-electron chi connectivity index (χ1n) is 8.92. The number of amides is 2. The number of likely N-dealkylation sites (tertiary alicyclic amines) is 2. The third-order valence-electron chi connectivity index (χ3n) is 5.25. The molecule has 1 N–H and O–H groups in total. The van der Waals surface area contributed by atoms with Crippen LogP contribution in [0.3, 0.4) is 0 Å². The fourth-order valence-corrected chi connectivity index (χ4v) is 3.78. The molecule has 2 heterocycles. The van der Waals surface area contributed by atoms with Gasteiger partial charge in [0, 0.05) is 31.7 Å². The molecule has 2 amide bonds. The Balaban J connectivity index is 1.61. The number of hydrogen-bond acceptors (Lipinski definition) is 2. The Bertz CT molecular complexity index is 540. The number of benzene rings is 1. The topological polar surface area (TPSA) is 35.6 Å². The molecule has 0 radical (unpaired) electrons. The third kappa shape index (κ3) is 3.69. The van der Waals surface area contributed by atoms with Crippen LogP contribution in [-0.2, 0) is 0 Å². The zero-order chi connectivity index (χ0) is 16.4. The molecular weight excluding hydrogens is 286 g/mol. The standard InChI is InChI=1S/C19H29N3O/c1-14(2)21-12-10-17(13-21)20-19(23)22-11-4-5-18(22)16-8-6-15(3)7-9-16/h6-9,14,17-18H,4-5,10-13H2,1-3H3,(H,20,23). The van der Waals surface area contributed by atoms with Crippen molar-refractivity contribution in [3.63, 3.8) is 0 Å². The highest BCUT2D eigenvalue weighted by molar-refractivity contribution is 5.75. The smallest absolute Gasteiger partial charge is 0.318 e. The van der Waals surface area contributed by atoms with Gasteiger partial charge in [-0.05, 0) is 45.6 Å². The number of nitrogens with one attached hydrogen (secondary N) is 1. The summed E-state index contributed by atoms with van der Waals surface area (Å²) >= 11 is 0. The van der Waals surface area contributed by atoms with Gasteiger partial charge in [-0.25, -0.2) is 4.79 Å². The number of aryl methyl sites for hydroxylation is 1. The average Bonchev–Trinajstić information content (AvgIpc) is 3.16. The van der Waals surface area contributed by atoms with Crippen LogP contribution in [0.25, 0.3) is 0 Å². The highest BCUT2D eigenvalue weighted by Crippen LogP contribution is 2.32. The van der Waals surface area contributed by atoms with Gasteiger partial charge in [0.25, 0.3) is 0 Å². The first-order chi connectivity index (χ1) is 11.0. The molecule has 126 valence electrons. The minimum atomic E-state index is 0.115. The molecule has 2 saturated heterocycles. The van der Waals surface area contributed by atoms with Crippen molar-refractivity contribution in [2.24, 2.45) is 0 Å². The lowest BCUT2D eigenvalue weighted by molar-refractivity contribution is 0.187. The Morgan fingerprint density at radius 1 is 1.17 bits per heavy atom. The molecule has 23 heavy (non-hydrogen) atoms. The van der Waals surface area contributed by atoms with Crippen LogP contribution in [0.1, 0.15) is 50.3 Å². The summed E-state index contributed by atoms with van der Waals surface area (Å²) < 4.78 is 0. The molecule has 2 aliphatic rings. The average molecular weight is 315 g/mol. The number of hydrogen-bond donors (Lipinski definition) is 1. The molecule has 2 unspecified atom stereocenters. The van der Waals surface area contributed by atoms with E-state index >= 15 is 0 Å². The number of nitrogens with zero attached hydrogens (tertiary/aromatic N) is 2. The van der Waals surface area contributed by atoms with E-state index in [2.05, 4.69) is 55.3 Å². The second kappa shape index (κ2) is 6.91. The molecule has 3 rings (SSSR count). The van der Waals surface area contributed by atoms with Crippen molar-refractivity contribution in [3.05, 3.63) is 35.4 Å². The van der Waals surface area contributed by atoms with E-state index in [9.17, 15) is 4.79 Å². The predicted molar refractivity (Wildman–Crippen MR) is 93.5 cm³/mol. The van der Waals surface area contributed by atoms with Gasteiger partial charge < -0.3 is 10.2 Å². The molecule has 1 aromatic rings. The van der Waals surface area contributed by atoms with Gasteiger partial charge in [-0.1, -0.05) is 29.8 Å². The van der Waals surface area contributed by atoms with Crippen LogP contribution in [0.5, 0.6) is 0 Å². The second-order valence-corrected chi connectivity index (χ2v) is 7.29. The first-order valence-corrected chi connectivity index (χ1v) is 8.92. The zero-order valence-electron chi connectivity index (χ0n) is 14.6. The minimum absolute atomic E-state index is 0.115. The highest BCUT2D eigenvalue weighted by atomic mass is 16.2. The van der Waals surface area contributed by atoms with Crippen molar-refractivity contribution in [2.45, 2.75) is 58.2 Å². The molecule has 0 aromatic heterocycles. The summed E-state index contributed by atoms with van der Waals surface area (Å²) in [5.74, 6) is 0. The Morgan fingerprint density at radius 2 is 1.91 bits per heavy atom. The Kier molecular flexibility index (Phi) is 4.90.